The first kappa shape index (κ1) is 10.7. The summed E-state index contributed by atoms with van der Waals surface area (Å²) in [6, 6.07) is 1.87. The van der Waals surface area contributed by atoms with Crippen molar-refractivity contribution in [3.05, 3.63) is 23.5 Å². The summed E-state index contributed by atoms with van der Waals surface area (Å²) in [7, 11) is 1.94. The first-order valence-electron chi connectivity index (χ1n) is 5.14. The highest BCUT2D eigenvalue weighted by atomic mass is 35.5. The summed E-state index contributed by atoms with van der Waals surface area (Å²) in [6.07, 6.45) is 6.23. The van der Waals surface area contributed by atoms with E-state index >= 15 is 0 Å². The average molecular weight is 227 g/mol. The molecule has 2 rings (SSSR count). The van der Waals surface area contributed by atoms with Crippen molar-refractivity contribution in [1.82, 2.24) is 4.98 Å². The molecule has 0 aromatic carbocycles. The van der Waals surface area contributed by atoms with E-state index in [4.69, 9.17) is 11.6 Å². The highest BCUT2D eigenvalue weighted by Gasteiger charge is 2.35. The van der Waals surface area contributed by atoms with Crippen molar-refractivity contribution in [2.24, 2.45) is 0 Å². The van der Waals surface area contributed by atoms with Gasteiger partial charge >= 0.3 is 0 Å². The molecule has 0 unspecified atom stereocenters. The molecular weight excluding hydrogens is 212 g/mol. The molecule has 0 atom stereocenters. The van der Waals surface area contributed by atoms with Crippen molar-refractivity contribution >= 4 is 17.3 Å². The second kappa shape index (κ2) is 3.99. The third-order valence-electron chi connectivity index (χ3n) is 2.98. The van der Waals surface area contributed by atoms with E-state index in [-0.39, 0.29) is 0 Å². The van der Waals surface area contributed by atoms with Gasteiger partial charge in [-0.15, -0.1) is 0 Å². The van der Waals surface area contributed by atoms with E-state index in [9.17, 15) is 5.11 Å². The van der Waals surface area contributed by atoms with Crippen LogP contribution in [-0.4, -0.2) is 29.3 Å². The zero-order valence-corrected chi connectivity index (χ0v) is 9.54. The number of anilines is 1. The van der Waals surface area contributed by atoms with Crippen LogP contribution in [0.5, 0.6) is 0 Å². The molecule has 1 aliphatic carbocycles. The Hall–Kier alpha value is -0.800. The molecule has 0 aliphatic heterocycles. The Kier molecular flexibility index (Phi) is 2.85. The van der Waals surface area contributed by atoms with Gasteiger partial charge in [-0.3, -0.25) is 4.98 Å². The fraction of sp³-hybridized carbons (Fsp3) is 0.545. The Labute approximate surface area is 94.7 Å². The highest BCUT2D eigenvalue weighted by molar-refractivity contribution is 6.33. The fourth-order valence-corrected chi connectivity index (χ4v) is 2.21. The second-order valence-corrected chi connectivity index (χ2v) is 4.67. The summed E-state index contributed by atoms with van der Waals surface area (Å²) in [6.45, 7) is 0.636. The second-order valence-electron chi connectivity index (χ2n) is 4.26. The van der Waals surface area contributed by atoms with Gasteiger partial charge in [-0.05, 0) is 25.3 Å². The van der Waals surface area contributed by atoms with E-state index in [0.29, 0.717) is 11.6 Å². The largest absolute Gasteiger partial charge is 0.388 e. The van der Waals surface area contributed by atoms with Crippen molar-refractivity contribution in [3.8, 4) is 0 Å². The topological polar surface area (TPSA) is 36.4 Å². The molecule has 0 spiro atoms. The molecule has 1 aliphatic rings. The maximum Gasteiger partial charge on any atom is 0.0822 e. The fourth-order valence-electron chi connectivity index (χ4n) is 1.95. The van der Waals surface area contributed by atoms with Crippen LogP contribution in [0.4, 0.5) is 5.69 Å². The van der Waals surface area contributed by atoms with Crippen molar-refractivity contribution < 1.29 is 5.11 Å². The molecule has 0 radical (unpaired) electrons. The number of nitrogens with zero attached hydrogens (tertiary/aromatic N) is 2. The highest BCUT2D eigenvalue weighted by Crippen LogP contribution is 2.34. The van der Waals surface area contributed by atoms with E-state index in [1.807, 2.05) is 18.0 Å². The molecule has 15 heavy (non-hydrogen) atoms. The molecule has 4 heteroatoms. The summed E-state index contributed by atoms with van der Waals surface area (Å²) in [5.41, 5.74) is 0.411. The third-order valence-corrected chi connectivity index (χ3v) is 3.27. The Morgan fingerprint density at radius 2 is 2.33 bits per heavy atom. The van der Waals surface area contributed by atoms with Gasteiger partial charge in [0.25, 0.3) is 0 Å². The van der Waals surface area contributed by atoms with Crippen LogP contribution in [0.25, 0.3) is 0 Å². The number of halogens is 1. The number of rotatable bonds is 3. The summed E-state index contributed by atoms with van der Waals surface area (Å²) in [4.78, 5) is 5.93. The van der Waals surface area contributed by atoms with Crippen molar-refractivity contribution in [2.75, 3.05) is 18.5 Å². The van der Waals surface area contributed by atoms with E-state index < -0.39 is 5.60 Å². The third kappa shape index (κ3) is 2.24. The lowest BCUT2D eigenvalue weighted by atomic mass is 9.80. The van der Waals surface area contributed by atoms with Crippen LogP contribution in [0.2, 0.25) is 5.02 Å². The Morgan fingerprint density at radius 3 is 2.87 bits per heavy atom. The molecule has 1 aromatic rings. The minimum Gasteiger partial charge on any atom is -0.388 e. The number of hydrogen-bond acceptors (Lipinski definition) is 3. The van der Waals surface area contributed by atoms with E-state index in [1.165, 1.54) is 0 Å². The predicted molar refractivity (Wildman–Crippen MR) is 61.3 cm³/mol. The SMILES string of the molecule is CN(CC1(O)CCC1)c1ccncc1Cl. The Bertz CT molecular complexity index is 352. The number of aromatic nitrogens is 1. The summed E-state index contributed by atoms with van der Waals surface area (Å²) in [5, 5.41) is 10.7. The van der Waals surface area contributed by atoms with Crippen LogP contribution in [0.1, 0.15) is 19.3 Å². The van der Waals surface area contributed by atoms with Crippen LogP contribution in [0.3, 0.4) is 0 Å². The van der Waals surface area contributed by atoms with Crippen molar-refractivity contribution in [2.45, 2.75) is 24.9 Å². The smallest absolute Gasteiger partial charge is 0.0822 e. The van der Waals surface area contributed by atoms with Gasteiger partial charge in [0.05, 0.1) is 16.3 Å². The minimum atomic E-state index is -0.513. The Morgan fingerprint density at radius 1 is 1.60 bits per heavy atom. The van der Waals surface area contributed by atoms with Gasteiger partial charge in [0.15, 0.2) is 0 Å². The van der Waals surface area contributed by atoms with E-state index in [2.05, 4.69) is 4.98 Å². The standard InChI is InChI=1S/C11H15ClN2O/c1-14(8-11(15)4-2-5-11)10-3-6-13-7-9(10)12/h3,6-7,15H,2,4-5,8H2,1H3. The molecule has 0 saturated heterocycles. The Balaban J connectivity index is 2.07. The van der Waals surface area contributed by atoms with Gasteiger partial charge in [-0.25, -0.2) is 0 Å². The molecule has 1 fully saturated rings. The van der Waals surface area contributed by atoms with Gasteiger partial charge in [-0.2, -0.15) is 0 Å². The molecule has 1 saturated carbocycles. The van der Waals surface area contributed by atoms with Crippen LogP contribution in [0.15, 0.2) is 18.5 Å². The first-order valence-corrected chi connectivity index (χ1v) is 5.52. The van der Waals surface area contributed by atoms with Crippen molar-refractivity contribution in [3.63, 3.8) is 0 Å². The van der Waals surface area contributed by atoms with Crippen molar-refractivity contribution in [1.29, 1.82) is 0 Å². The number of likely N-dealkylation sites (N-methyl/N-ethyl adjacent to an activating group) is 1. The number of hydrogen-bond donors (Lipinski definition) is 1. The minimum absolute atomic E-state index is 0.513. The van der Waals surface area contributed by atoms with Crippen LogP contribution < -0.4 is 4.90 Å². The molecule has 0 bridgehead atoms. The first-order chi connectivity index (χ1) is 7.11. The molecule has 0 amide bonds. The average Bonchev–Trinajstić information content (AvgIpc) is 2.16. The quantitative estimate of drug-likeness (QED) is 0.858. The normalized spacial score (nSPS) is 18.3. The summed E-state index contributed by atoms with van der Waals surface area (Å²) >= 11 is 6.02. The van der Waals surface area contributed by atoms with E-state index in [1.54, 1.807) is 12.4 Å². The number of pyridine rings is 1. The zero-order chi connectivity index (χ0) is 10.9. The van der Waals surface area contributed by atoms with Gasteiger partial charge in [0.2, 0.25) is 0 Å². The van der Waals surface area contributed by atoms with Crippen LogP contribution in [0, 0.1) is 0 Å². The van der Waals surface area contributed by atoms with Gasteiger partial charge in [0, 0.05) is 26.0 Å². The monoisotopic (exact) mass is 226 g/mol. The number of aliphatic hydroxyl groups is 1. The van der Waals surface area contributed by atoms with E-state index in [0.717, 1.165) is 24.9 Å². The molecular formula is C11H15ClN2O. The molecule has 1 aromatic heterocycles. The lowest BCUT2D eigenvalue weighted by molar-refractivity contribution is -0.0247. The van der Waals surface area contributed by atoms with Crippen LogP contribution in [-0.2, 0) is 0 Å². The maximum absolute atomic E-state index is 10.0. The molecule has 1 heterocycles. The lowest BCUT2D eigenvalue weighted by Crippen LogP contribution is -2.47. The molecule has 1 N–H and O–H groups in total. The summed E-state index contributed by atoms with van der Waals surface area (Å²) < 4.78 is 0. The van der Waals surface area contributed by atoms with Crippen LogP contribution >= 0.6 is 11.6 Å². The lowest BCUT2D eigenvalue weighted by Gasteiger charge is -2.40. The zero-order valence-electron chi connectivity index (χ0n) is 8.78. The van der Waals surface area contributed by atoms with Gasteiger partial charge in [-0.1, -0.05) is 11.6 Å². The maximum atomic E-state index is 10.0. The van der Waals surface area contributed by atoms with Gasteiger partial charge < -0.3 is 10.0 Å². The molecule has 82 valence electrons. The molecule has 3 nitrogen and oxygen atoms in total. The predicted octanol–water partition coefficient (Wildman–Crippen LogP) is 2.09. The van der Waals surface area contributed by atoms with Gasteiger partial charge in [0.1, 0.15) is 0 Å². The summed E-state index contributed by atoms with van der Waals surface area (Å²) in [5.74, 6) is 0.